The number of rotatable bonds is 8. The Balaban J connectivity index is 1.37. The third-order valence-electron chi connectivity index (χ3n) is 5.51. The molecular formula is C24H26N4O4. The monoisotopic (exact) mass is 434 g/mol. The molecule has 0 aliphatic heterocycles. The van der Waals surface area contributed by atoms with Gasteiger partial charge in [0.1, 0.15) is 23.2 Å². The van der Waals surface area contributed by atoms with Crippen LogP contribution in [-0.2, 0) is 11.2 Å². The number of benzene rings is 2. The van der Waals surface area contributed by atoms with Crippen LogP contribution in [0.5, 0.6) is 11.5 Å². The molecule has 0 spiro atoms. The lowest BCUT2D eigenvalue weighted by atomic mass is 10.1. The van der Waals surface area contributed by atoms with E-state index < -0.39 is 6.04 Å². The van der Waals surface area contributed by atoms with Crippen LogP contribution in [0.3, 0.4) is 0 Å². The molecule has 8 nitrogen and oxygen atoms in total. The van der Waals surface area contributed by atoms with Crippen molar-refractivity contribution in [2.24, 2.45) is 0 Å². The van der Waals surface area contributed by atoms with Crippen LogP contribution in [0.2, 0.25) is 0 Å². The minimum absolute atomic E-state index is 0.246. The Morgan fingerprint density at radius 1 is 1.03 bits per heavy atom. The van der Waals surface area contributed by atoms with Crippen molar-refractivity contribution >= 4 is 33.6 Å². The molecule has 4 N–H and O–H groups in total. The second-order valence-corrected chi connectivity index (χ2v) is 7.54. The lowest BCUT2D eigenvalue weighted by Crippen LogP contribution is -2.45. The average molecular weight is 434 g/mol. The van der Waals surface area contributed by atoms with Crippen molar-refractivity contribution in [3.05, 3.63) is 59.9 Å². The number of ether oxygens (including phenoxy) is 2. The summed E-state index contributed by atoms with van der Waals surface area (Å²) in [4.78, 5) is 31.5. The van der Waals surface area contributed by atoms with Crippen molar-refractivity contribution in [1.29, 1.82) is 0 Å². The number of hydrogen-bond acceptors (Lipinski definition) is 4. The van der Waals surface area contributed by atoms with Crippen LogP contribution in [-0.4, -0.2) is 48.6 Å². The van der Waals surface area contributed by atoms with E-state index in [1.165, 1.54) is 0 Å². The van der Waals surface area contributed by atoms with Crippen molar-refractivity contribution < 1.29 is 19.1 Å². The zero-order chi connectivity index (χ0) is 22.7. The van der Waals surface area contributed by atoms with Gasteiger partial charge < -0.3 is 30.1 Å². The number of hydrogen-bond donors (Lipinski definition) is 4. The first-order valence-corrected chi connectivity index (χ1v) is 10.4. The molecule has 4 aromatic rings. The van der Waals surface area contributed by atoms with Gasteiger partial charge in [0, 0.05) is 29.0 Å². The van der Waals surface area contributed by atoms with Crippen LogP contribution in [0.1, 0.15) is 23.0 Å². The molecule has 166 valence electrons. The van der Waals surface area contributed by atoms with Crippen molar-refractivity contribution in [2.75, 3.05) is 20.8 Å². The van der Waals surface area contributed by atoms with E-state index in [9.17, 15) is 9.59 Å². The van der Waals surface area contributed by atoms with Gasteiger partial charge >= 0.3 is 0 Å². The molecule has 0 bridgehead atoms. The predicted octanol–water partition coefficient (Wildman–Crippen LogP) is 3.14. The number of H-pyrrole nitrogens is 2. The van der Waals surface area contributed by atoms with Crippen LogP contribution >= 0.6 is 0 Å². The minimum Gasteiger partial charge on any atom is -0.496 e. The fraction of sp³-hybridized carbons (Fsp3) is 0.250. The molecule has 0 saturated carbocycles. The topological polar surface area (TPSA) is 108 Å². The number of methoxy groups -OCH3 is 2. The van der Waals surface area contributed by atoms with Gasteiger partial charge in [-0.2, -0.15) is 0 Å². The number of carbonyl (C=O) groups is 2. The predicted molar refractivity (Wildman–Crippen MR) is 123 cm³/mol. The summed E-state index contributed by atoms with van der Waals surface area (Å²) in [5, 5.41) is 7.50. The van der Waals surface area contributed by atoms with Gasteiger partial charge in [-0.15, -0.1) is 0 Å². The van der Waals surface area contributed by atoms with Gasteiger partial charge in [-0.1, -0.05) is 18.2 Å². The Labute approximate surface area is 185 Å². The molecule has 4 rings (SSSR count). The number of fused-ring (bicyclic) bond motifs is 2. The highest BCUT2D eigenvalue weighted by atomic mass is 16.5. The van der Waals surface area contributed by atoms with E-state index in [0.29, 0.717) is 35.7 Å². The van der Waals surface area contributed by atoms with E-state index in [4.69, 9.17) is 9.47 Å². The van der Waals surface area contributed by atoms with Crippen molar-refractivity contribution in [2.45, 2.75) is 19.4 Å². The second kappa shape index (κ2) is 9.05. The number of para-hydroxylation sites is 1. The maximum Gasteiger partial charge on any atom is 0.268 e. The SMILES string of the molecule is COc1ccc(OC)c2[nH]c(C(=O)NC(C)C(=O)NCCc3c[nH]c4ccccc34)cc12. The minimum atomic E-state index is -0.694. The highest BCUT2D eigenvalue weighted by Gasteiger charge is 2.20. The number of carbonyl (C=O) groups excluding carboxylic acids is 2. The number of amides is 2. The molecule has 2 amide bonds. The maximum absolute atomic E-state index is 12.7. The van der Waals surface area contributed by atoms with E-state index in [2.05, 4.69) is 26.7 Å². The van der Waals surface area contributed by atoms with Gasteiger partial charge in [0.2, 0.25) is 5.91 Å². The molecule has 0 saturated heterocycles. The van der Waals surface area contributed by atoms with Gasteiger partial charge in [-0.25, -0.2) is 0 Å². The van der Waals surface area contributed by atoms with E-state index in [0.717, 1.165) is 21.9 Å². The molecule has 0 aliphatic carbocycles. The second-order valence-electron chi connectivity index (χ2n) is 7.54. The third kappa shape index (κ3) is 4.12. The van der Waals surface area contributed by atoms with Crippen molar-refractivity contribution in [1.82, 2.24) is 20.6 Å². The molecule has 2 heterocycles. The van der Waals surface area contributed by atoms with Gasteiger partial charge in [-0.05, 0) is 43.2 Å². The molecule has 32 heavy (non-hydrogen) atoms. The molecule has 1 unspecified atom stereocenters. The van der Waals surface area contributed by atoms with Crippen molar-refractivity contribution in [3.63, 3.8) is 0 Å². The molecule has 0 radical (unpaired) electrons. The zero-order valence-corrected chi connectivity index (χ0v) is 18.2. The highest BCUT2D eigenvalue weighted by molar-refractivity contribution is 6.02. The van der Waals surface area contributed by atoms with E-state index in [1.807, 2.05) is 24.4 Å². The van der Waals surface area contributed by atoms with Crippen LogP contribution in [0.15, 0.2) is 48.7 Å². The van der Waals surface area contributed by atoms with Crippen LogP contribution < -0.4 is 20.1 Å². The van der Waals surface area contributed by atoms with Crippen LogP contribution in [0.25, 0.3) is 21.8 Å². The number of aromatic nitrogens is 2. The number of nitrogens with one attached hydrogen (secondary N) is 4. The summed E-state index contributed by atoms with van der Waals surface area (Å²) in [7, 11) is 3.13. The standard InChI is InChI=1S/C24H26N4O4/c1-14(23(29)25-11-10-15-13-26-18-7-5-4-6-16(15)18)27-24(30)19-12-17-20(31-2)8-9-21(32-3)22(17)28-19/h4-9,12-14,26,28H,10-11H2,1-3H3,(H,25,29)(H,27,30). The summed E-state index contributed by atoms with van der Waals surface area (Å²) >= 11 is 0. The number of aromatic amines is 2. The van der Waals surface area contributed by atoms with Gasteiger partial charge in [-0.3, -0.25) is 9.59 Å². The summed E-state index contributed by atoms with van der Waals surface area (Å²) in [5.74, 6) is 0.594. The van der Waals surface area contributed by atoms with Crippen molar-refractivity contribution in [3.8, 4) is 11.5 Å². The normalized spacial score (nSPS) is 12.0. The maximum atomic E-state index is 12.7. The van der Waals surface area contributed by atoms with E-state index in [1.54, 1.807) is 39.3 Å². The molecule has 0 fully saturated rings. The van der Waals surface area contributed by atoms with Crippen LogP contribution in [0, 0.1) is 0 Å². The van der Waals surface area contributed by atoms with E-state index in [-0.39, 0.29) is 11.8 Å². The third-order valence-corrected chi connectivity index (χ3v) is 5.51. The average Bonchev–Trinajstić information content (AvgIpc) is 3.43. The highest BCUT2D eigenvalue weighted by Crippen LogP contribution is 2.33. The van der Waals surface area contributed by atoms with Gasteiger partial charge in [0.15, 0.2) is 0 Å². The smallest absolute Gasteiger partial charge is 0.268 e. The Morgan fingerprint density at radius 2 is 1.78 bits per heavy atom. The zero-order valence-electron chi connectivity index (χ0n) is 18.2. The van der Waals surface area contributed by atoms with Crippen LogP contribution in [0.4, 0.5) is 0 Å². The summed E-state index contributed by atoms with van der Waals surface area (Å²) in [6.07, 6.45) is 2.65. The fourth-order valence-corrected chi connectivity index (χ4v) is 3.79. The molecule has 1 atom stereocenters. The first kappa shape index (κ1) is 21.3. The molecule has 2 aromatic heterocycles. The first-order valence-electron chi connectivity index (χ1n) is 10.4. The summed E-state index contributed by atoms with van der Waals surface area (Å²) in [6, 6.07) is 12.6. The van der Waals surface area contributed by atoms with Gasteiger partial charge in [0.25, 0.3) is 5.91 Å². The summed E-state index contributed by atoms with van der Waals surface area (Å²) in [6.45, 7) is 2.13. The Kier molecular flexibility index (Phi) is 6.02. The first-order chi connectivity index (χ1) is 15.5. The fourth-order valence-electron chi connectivity index (χ4n) is 3.79. The Bertz CT molecular complexity index is 1230. The lowest BCUT2D eigenvalue weighted by molar-refractivity contribution is -0.122. The summed E-state index contributed by atoms with van der Waals surface area (Å²) < 4.78 is 10.7. The molecule has 0 aliphatic rings. The van der Waals surface area contributed by atoms with Gasteiger partial charge in [0.05, 0.1) is 19.7 Å². The Morgan fingerprint density at radius 3 is 2.56 bits per heavy atom. The molecular weight excluding hydrogens is 408 g/mol. The molecule has 2 aromatic carbocycles. The summed E-state index contributed by atoms with van der Waals surface area (Å²) in [5.41, 5.74) is 3.19. The Hall–Kier alpha value is -3.94. The largest absolute Gasteiger partial charge is 0.496 e. The molecule has 8 heteroatoms. The quantitative estimate of drug-likeness (QED) is 0.342. The lowest BCUT2D eigenvalue weighted by Gasteiger charge is -2.13. The van der Waals surface area contributed by atoms with E-state index >= 15 is 0 Å².